The van der Waals surface area contributed by atoms with E-state index in [0.29, 0.717) is 45.8 Å². The number of rotatable bonds is 4. The zero-order valence-corrected chi connectivity index (χ0v) is 16.6. The molecule has 0 amide bonds. The number of carbonyl (C=O) groups is 1. The largest absolute Gasteiger partial charge is 0.459 e. The normalized spacial score (nSPS) is 13.7. The fraction of sp³-hybridized carbons (Fsp3) is 0.227. The Morgan fingerprint density at radius 1 is 1.17 bits per heavy atom. The Morgan fingerprint density at radius 2 is 1.90 bits per heavy atom. The summed E-state index contributed by atoms with van der Waals surface area (Å²) in [6, 6.07) is 12.9. The quantitative estimate of drug-likeness (QED) is 0.516. The molecule has 1 aliphatic heterocycles. The lowest BCUT2D eigenvalue weighted by Crippen LogP contribution is -2.15. The van der Waals surface area contributed by atoms with Crippen LogP contribution in [0.25, 0.3) is 27.9 Å². The summed E-state index contributed by atoms with van der Waals surface area (Å²) in [5.74, 6) is 0.955. The maximum atomic E-state index is 13.0. The first-order valence-corrected chi connectivity index (χ1v) is 9.74. The molecule has 5 rings (SSSR count). The third-order valence-electron chi connectivity index (χ3n) is 5.20. The van der Waals surface area contributed by atoms with E-state index in [-0.39, 0.29) is 24.3 Å². The van der Waals surface area contributed by atoms with Gasteiger partial charge in [0.15, 0.2) is 17.1 Å². The summed E-state index contributed by atoms with van der Waals surface area (Å²) < 4.78 is 18.2. The first-order valence-electron chi connectivity index (χ1n) is 9.74. The van der Waals surface area contributed by atoms with Crippen LogP contribution in [0.15, 0.2) is 42.5 Å². The van der Waals surface area contributed by atoms with Crippen molar-refractivity contribution in [2.24, 2.45) is 0 Å². The van der Waals surface area contributed by atoms with Gasteiger partial charge in [-0.05, 0) is 37.6 Å². The average Bonchev–Trinajstić information content (AvgIpc) is 3.32. The molecular weight excluding hydrogens is 384 g/mol. The van der Waals surface area contributed by atoms with Gasteiger partial charge in [0, 0.05) is 6.07 Å². The SMILES string of the molecule is CCC(C)OC(=O)c1c(N)n(-c2ccc3c(c2)OCO3)c2nc3ccccc3nc12. The van der Waals surface area contributed by atoms with Gasteiger partial charge in [0.25, 0.3) is 0 Å². The fourth-order valence-corrected chi connectivity index (χ4v) is 3.47. The van der Waals surface area contributed by atoms with Gasteiger partial charge < -0.3 is 19.9 Å². The Balaban J connectivity index is 1.78. The van der Waals surface area contributed by atoms with Crippen LogP contribution in [0.3, 0.4) is 0 Å². The minimum absolute atomic E-state index is 0.164. The van der Waals surface area contributed by atoms with Crippen molar-refractivity contribution in [1.82, 2.24) is 14.5 Å². The Morgan fingerprint density at radius 3 is 2.67 bits per heavy atom. The van der Waals surface area contributed by atoms with Gasteiger partial charge >= 0.3 is 5.97 Å². The molecule has 1 unspecified atom stereocenters. The van der Waals surface area contributed by atoms with E-state index >= 15 is 0 Å². The van der Waals surface area contributed by atoms with Crippen molar-refractivity contribution in [2.45, 2.75) is 26.4 Å². The number of nitrogen functional groups attached to an aromatic ring is 1. The highest BCUT2D eigenvalue weighted by Gasteiger charge is 2.27. The van der Waals surface area contributed by atoms with Crippen LogP contribution in [-0.4, -0.2) is 33.4 Å². The summed E-state index contributed by atoms with van der Waals surface area (Å²) in [5, 5.41) is 0. The van der Waals surface area contributed by atoms with Crippen molar-refractivity contribution in [3.8, 4) is 17.2 Å². The lowest BCUT2D eigenvalue weighted by atomic mass is 10.2. The predicted molar refractivity (Wildman–Crippen MR) is 112 cm³/mol. The summed E-state index contributed by atoms with van der Waals surface area (Å²) >= 11 is 0. The maximum absolute atomic E-state index is 13.0. The molecule has 0 saturated heterocycles. The highest BCUT2D eigenvalue weighted by atomic mass is 16.7. The van der Waals surface area contributed by atoms with Gasteiger partial charge in [-0.3, -0.25) is 4.57 Å². The molecule has 0 spiro atoms. The number of nitrogens with two attached hydrogens (primary N) is 1. The number of benzene rings is 2. The van der Waals surface area contributed by atoms with Crippen molar-refractivity contribution < 1.29 is 19.0 Å². The van der Waals surface area contributed by atoms with Crippen LogP contribution in [0.4, 0.5) is 5.82 Å². The van der Waals surface area contributed by atoms with Gasteiger partial charge in [0.1, 0.15) is 16.9 Å². The number of ether oxygens (including phenoxy) is 3. The number of aromatic nitrogens is 3. The van der Waals surface area contributed by atoms with Gasteiger partial charge in [-0.1, -0.05) is 19.1 Å². The Bertz CT molecular complexity index is 1300. The van der Waals surface area contributed by atoms with Crippen LogP contribution in [0, 0.1) is 0 Å². The van der Waals surface area contributed by atoms with Crippen molar-refractivity contribution in [3.63, 3.8) is 0 Å². The number of fused-ring (bicyclic) bond motifs is 3. The second kappa shape index (κ2) is 6.91. The molecule has 8 nitrogen and oxygen atoms in total. The average molecular weight is 404 g/mol. The van der Waals surface area contributed by atoms with E-state index in [0.717, 1.165) is 0 Å². The molecule has 0 bridgehead atoms. The molecule has 8 heteroatoms. The highest BCUT2D eigenvalue weighted by Crippen LogP contribution is 2.37. The van der Waals surface area contributed by atoms with E-state index in [1.54, 1.807) is 16.7 Å². The number of hydrogen-bond donors (Lipinski definition) is 1. The summed E-state index contributed by atoms with van der Waals surface area (Å²) in [6.45, 7) is 3.95. The molecule has 3 heterocycles. The standard InChI is InChI=1S/C22H20N4O4/c1-3-12(2)30-22(27)18-19-21(25-15-7-5-4-6-14(15)24-19)26(20(18)23)13-8-9-16-17(10-13)29-11-28-16/h4-10,12H,3,11,23H2,1-2H3. The summed E-state index contributed by atoms with van der Waals surface area (Å²) in [6.07, 6.45) is 0.454. The van der Waals surface area contributed by atoms with Crippen LogP contribution >= 0.6 is 0 Å². The Labute approximate surface area is 172 Å². The minimum atomic E-state index is -0.518. The van der Waals surface area contributed by atoms with E-state index in [2.05, 4.69) is 0 Å². The molecule has 2 aromatic heterocycles. The topological polar surface area (TPSA) is 101 Å². The zero-order valence-electron chi connectivity index (χ0n) is 16.6. The lowest BCUT2D eigenvalue weighted by Gasteiger charge is -2.11. The second-order valence-corrected chi connectivity index (χ2v) is 7.14. The van der Waals surface area contributed by atoms with Crippen LogP contribution < -0.4 is 15.2 Å². The first-order chi connectivity index (χ1) is 14.6. The zero-order chi connectivity index (χ0) is 20.8. The van der Waals surface area contributed by atoms with Crippen molar-refractivity contribution in [2.75, 3.05) is 12.5 Å². The molecule has 0 fully saturated rings. The van der Waals surface area contributed by atoms with Gasteiger partial charge in [0.05, 0.1) is 22.8 Å². The Hall–Kier alpha value is -3.81. The van der Waals surface area contributed by atoms with Gasteiger partial charge in [-0.15, -0.1) is 0 Å². The number of hydrogen-bond acceptors (Lipinski definition) is 7. The molecule has 2 N–H and O–H groups in total. The fourth-order valence-electron chi connectivity index (χ4n) is 3.47. The number of carbonyl (C=O) groups excluding carboxylic acids is 1. The molecule has 30 heavy (non-hydrogen) atoms. The molecule has 0 aliphatic carbocycles. The number of para-hydroxylation sites is 2. The molecule has 0 saturated carbocycles. The van der Waals surface area contributed by atoms with Gasteiger partial charge in [-0.25, -0.2) is 14.8 Å². The van der Waals surface area contributed by atoms with E-state index in [9.17, 15) is 4.79 Å². The maximum Gasteiger partial charge on any atom is 0.344 e. The number of nitrogens with zero attached hydrogens (tertiary/aromatic N) is 3. The monoisotopic (exact) mass is 404 g/mol. The third kappa shape index (κ3) is 2.80. The van der Waals surface area contributed by atoms with E-state index < -0.39 is 5.97 Å². The van der Waals surface area contributed by atoms with Crippen LogP contribution in [-0.2, 0) is 4.74 Å². The second-order valence-electron chi connectivity index (χ2n) is 7.14. The highest BCUT2D eigenvalue weighted by molar-refractivity contribution is 6.09. The van der Waals surface area contributed by atoms with Crippen LogP contribution in [0.1, 0.15) is 30.6 Å². The smallest absolute Gasteiger partial charge is 0.344 e. The minimum Gasteiger partial charge on any atom is -0.459 e. The van der Waals surface area contributed by atoms with Crippen molar-refractivity contribution in [1.29, 1.82) is 0 Å². The molecular formula is C22H20N4O4. The third-order valence-corrected chi connectivity index (χ3v) is 5.20. The van der Waals surface area contributed by atoms with E-state index in [1.165, 1.54) is 0 Å². The first kappa shape index (κ1) is 18.2. The van der Waals surface area contributed by atoms with E-state index in [1.807, 2.05) is 44.2 Å². The van der Waals surface area contributed by atoms with Crippen molar-refractivity contribution >= 4 is 34.0 Å². The number of esters is 1. The molecule has 152 valence electrons. The molecule has 1 aliphatic rings. The van der Waals surface area contributed by atoms with Crippen LogP contribution in [0.5, 0.6) is 11.5 Å². The summed E-state index contributed by atoms with van der Waals surface area (Å²) in [7, 11) is 0. The Kier molecular flexibility index (Phi) is 4.20. The summed E-state index contributed by atoms with van der Waals surface area (Å²) in [5.41, 5.74) is 9.63. The molecule has 1 atom stereocenters. The molecule has 4 aromatic rings. The summed E-state index contributed by atoms with van der Waals surface area (Å²) in [4.78, 5) is 22.4. The predicted octanol–water partition coefficient (Wildman–Crippen LogP) is 3.84. The molecule has 2 aromatic carbocycles. The number of anilines is 1. The van der Waals surface area contributed by atoms with E-state index in [4.69, 9.17) is 29.9 Å². The van der Waals surface area contributed by atoms with Crippen LogP contribution in [0.2, 0.25) is 0 Å². The molecule has 0 radical (unpaired) electrons. The van der Waals surface area contributed by atoms with Gasteiger partial charge in [-0.2, -0.15) is 0 Å². The van der Waals surface area contributed by atoms with Gasteiger partial charge in [0.2, 0.25) is 6.79 Å². The lowest BCUT2D eigenvalue weighted by molar-refractivity contribution is 0.0338. The van der Waals surface area contributed by atoms with Crippen molar-refractivity contribution in [3.05, 3.63) is 48.0 Å².